The van der Waals surface area contributed by atoms with Crippen LogP contribution in [-0.2, 0) is 0 Å². The second kappa shape index (κ2) is 7.06. The van der Waals surface area contributed by atoms with E-state index in [0.29, 0.717) is 5.92 Å². The van der Waals surface area contributed by atoms with Gasteiger partial charge in [-0.25, -0.2) is 14.6 Å². The molecule has 1 aromatic heterocycles. The summed E-state index contributed by atoms with van der Waals surface area (Å²) in [6, 6.07) is 2.91. The summed E-state index contributed by atoms with van der Waals surface area (Å²) in [7, 11) is 0. The van der Waals surface area contributed by atoms with Crippen molar-refractivity contribution in [3.63, 3.8) is 0 Å². The van der Waals surface area contributed by atoms with Crippen molar-refractivity contribution in [3.05, 3.63) is 24.0 Å². The molecule has 1 aromatic rings. The number of rotatable bonds is 3. The summed E-state index contributed by atoms with van der Waals surface area (Å²) in [5.41, 5.74) is 0.0617. The molecule has 0 bridgehead atoms. The van der Waals surface area contributed by atoms with E-state index in [0.717, 1.165) is 25.7 Å². The van der Waals surface area contributed by atoms with Crippen LogP contribution in [0.25, 0.3) is 0 Å². The molecule has 0 radical (unpaired) electrons. The fourth-order valence-electron chi connectivity index (χ4n) is 2.65. The Labute approximate surface area is 124 Å². The van der Waals surface area contributed by atoms with Crippen LogP contribution in [-0.4, -0.2) is 28.1 Å². The summed E-state index contributed by atoms with van der Waals surface area (Å²) >= 11 is 0. The topological polar surface area (TPSA) is 91.3 Å². The van der Waals surface area contributed by atoms with E-state index < -0.39 is 5.97 Å². The van der Waals surface area contributed by atoms with Crippen LogP contribution in [0.2, 0.25) is 0 Å². The van der Waals surface area contributed by atoms with Gasteiger partial charge in [-0.2, -0.15) is 0 Å². The van der Waals surface area contributed by atoms with Crippen LogP contribution in [0.1, 0.15) is 49.5 Å². The standard InChI is InChI=1S/C15H21N3O3/c1-10-4-2-5-11(8-7-10)17-15(21)18-12-6-3-9-16-13(12)14(19)20/h3,6,9-11H,2,4-5,7-8H2,1H3,(H,19,20)(H2,17,18,21). The number of hydrogen-bond acceptors (Lipinski definition) is 3. The Balaban J connectivity index is 1.94. The van der Waals surface area contributed by atoms with Crippen molar-refractivity contribution in [2.75, 3.05) is 5.32 Å². The molecular weight excluding hydrogens is 270 g/mol. The molecule has 1 aliphatic carbocycles. The number of pyridine rings is 1. The van der Waals surface area contributed by atoms with Crippen molar-refractivity contribution < 1.29 is 14.7 Å². The highest BCUT2D eigenvalue weighted by molar-refractivity contribution is 5.98. The molecule has 0 spiro atoms. The van der Waals surface area contributed by atoms with E-state index in [1.165, 1.54) is 18.7 Å². The lowest BCUT2D eigenvalue weighted by Crippen LogP contribution is -2.38. The fraction of sp³-hybridized carbons (Fsp3) is 0.533. The van der Waals surface area contributed by atoms with Crippen molar-refractivity contribution in [2.45, 2.75) is 45.1 Å². The van der Waals surface area contributed by atoms with Gasteiger partial charge in [0.25, 0.3) is 0 Å². The average molecular weight is 291 g/mol. The molecule has 114 valence electrons. The molecule has 6 heteroatoms. The maximum absolute atomic E-state index is 12.0. The molecule has 0 aromatic carbocycles. The number of aromatic nitrogens is 1. The van der Waals surface area contributed by atoms with E-state index in [1.807, 2.05) is 0 Å². The molecule has 2 atom stereocenters. The first-order valence-electron chi connectivity index (χ1n) is 7.32. The van der Waals surface area contributed by atoms with Crippen LogP contribution in [0.5, 0.6) is 0 Å². The number of nitrogens with zero attached hydrogens (tertiary/aromatic N) is 1. The SMILES string of the molecule is CC1CCCC(NC(=O)Nc2cccnc2C(=O)O)CC1. The Bertz CT molecular complexity index is 519. The Morgan fingerprint density at radius 2 is 2.10 bits per heavy atom. The minimum atomic E-state index is -1.16. The zero-order valence-corrected chi connectivity index (χ0v) is 12.1. The number of carboxylic acids is 1. The smallest absolute Gasteiger partial charge is 0.356 e. The molecule has 6 nitrogen and oxygen atoms in total. The lowest BCUT2D eigenvalue weighted by Gasteiger charge is -2.17. The number of aromatic carboxylic acids is 1. The zero-order valence-electron chi connectivity index (χ0n) is 12.1. The monoisotopic (exact) mass is 291 g/mol. The van der Waals surface area contributed by atoms with E-state index in [-0.39, 0.29) is 23.5 Å². The van der Waals surface area contributed by atoms with Gasteiger partial charge in [0.1, 0.15) is 0 Å². The van der Waals surface area contributed by atoms with E-state index >= 15 is 0 Å². The Morgan fingerprint density at radius 1 is 1.29 bits per heavy atom. The first-order valence-corrected chi connectivity index (χ1v) is 7.32. The Morgan fingerprint density at radius 3 is 2.86 bits per heavy atom. The maximum atomic E-state index is 12.0. The predicted octanol–water partition coefficient (Wildman–Crippen LogP) is 2.87. The van der Waals surface area contributed by atoms with Gasteiger partial charge in [0.05, 0.1) is 5.69 Å². The molecule has 0 aliphatic heterocycles. The van der Waals surface area contributed by atoms with Gasteiger partial charge >= 0.3 is 12.0 Å². The number of amides is 2. The van der Waals surface area contributed by atoms with Crippen LogP contribution in [0.3, 0.4) is 0 Å². The minimum Gasteiger partial charge on any atom is -0.476 e. The molecule has 2 amide bonds. The van der Waals surface area contributed by atoms with Crippen molar-refractivity contribution in [2.24, 2.45) is 5.92 Å². The van der Waals surface area contributed by atoms with E-state index in [1.54, 1.807) is 6.07 Å². The van der Waals surface area contributed by atoms with Crippen LogP contribution < -0.4 is 10.6 Å². The maximum Gasteiger partial charge on any atom is 0.356 e. The van der Waals surface area contributed by atoms with Gasteiger partial charge in [-0.3, -0.25) is 0 Å². The normalized spacial score (nSPS) is 22.1. The number of urea groups is 1. The number of carboxylic acid groups (broad SMARTS) is 1. The lowest BCUT2D eigenvalue weighted by atomic mass is 10.0. The second-order valence-electron chi connectivity index (χ2n) is 5.61. The van der Waals surface area contributed by atoms with Gasteiger partial charge in [0, 0.05) is 12.2 Å². The minimum absolute atomic E-state index is 0.151. The summed E-state index contributed by atoms with van der Waals surface area (Å²) in [5, 5.41) is 14.5. The summed E-state index contributed by atoms with van der Waals surface area (Å²) in [5.74, 6) is -0.453. The average Bonchev–Trinajstić information content (AvgIpc) is 2.64. The summed E-state index contributed by atoms with van der Waals surface area (Å²) in [4.78, 5) is 26.8. The number of nitrogens with one attached hydrogen (secondary N) is 2. The molecule has 3 N–H and O–H groups in total. The highest BCUT2D eigenvalue weighted by atomic mass is 16.4. The summed E-state index contributed by atoms with van der Waals surface area (Å²) < 4.78 is 0. The van der Waals surface area contributed by atoms with E-state index in [9.17, 15) is 9.59 Å². The number of anilines is 1. The first kappa shape index (κ1) is 15.3. The zero-order chi connectivity index (χ0) is 15.2. The van der Waals surface area contributed by atoms with Gasteiger partial charge in [0.15, 0.2) is 5.69 Å². The lowest BCUT2D eigenvalue weighted by molar-refractivity contribution is 0.0691. The Kier molecular flexibility index (Phi) is 5.14. The Hall–Kier alpha value is -2.11. The van der Waals surface area contributed by atoms with Crippen molar-refractivity contribution >= 4 is 17.7 Å². The largest absolute Gasteiger partial charge is 0.476 e. The fourth-order valence-corrected chi connectivity index (χ4v) is 2.65. The van der Waals surface area contributed by atoms with Gasteiger partial charge < -0.3 is 15.7 Å². The van der Waals surface area contributed by atoms with Crippen LogP contribution in [0.4, 0.5) is 10.5 Å². The molecule has 2 unspecified atom stereocenters. The molecule has 21 heavy (non-hydrogen) atoms. The second-order valence-corrected chi connectivity index (χ2v) is 5.61. The van der Waals surface area contributed by atoms with Gasteiger partial charge in [-0.1, -0.05) is 19.8 Å². The molecule has 1 aliphatic rings. The third-order valence-electron chi connectivity index (χ3n) is 3.85. The predicted molar refractivity (Wildman–Crippen MR) is 79.4 cm³/mol. The van der Waals surface area contributed by atoms with Crippen LogP contribution in [0.15, 0.2) is 18.3 Å². The molecule has 1 fully saturated rings. The number of carbonyl (C=O) groups is 2. The first-order chi connectivity index (χ1) is 10.1. The molecular formula is C15H21N3O3. The highest BCUT2D eigenvalue weighted by Gasteiger charge is 2.19. The molecule has 1 saturated carbocycles. The highest BCUT2D eigenvalue weighted by Crippen LogP contribution is 2.22. The quantitative estimate of drug-likeness (QED) is 0.747. The summed E-state index contributed by atoms with van der Waals surface area (Å²) in [6.07, 6.45) is 6.74. The van der Waals surface area contributed by atoms with Gasteiger partial charge in [0.2, 0.25) is 0 Å². The van der Waals surface area contributed by atoms with Crippen molar-refractivity contribution in [1.82, 2.24) is 10.3 Å². The third-order valence-corrected chi connectivity index (χ3v) is 3.85. The van der Waals surface area contributed by atoms with Crippen LogP contribution >= 0.6 is 0 Å². The summed E-state index contributed by atoms with van der Waals surface area (Å²) in [6.45, 7) is 2.23. The number of hydrogen-bond donors (Lipinski definition) is 3. The third kappa shape index (κ3) is 4.44. The van der Waals surface area contributed by atoms with Crippen molar-refractivity contribution in [1.29, 1.82) is 0 Å². The van der Waals surface area contributed by atoms with Gasteiger partial charge in [-0.15, -0.1) is 0 Å². The van der Waals surface area contributed by atoms with E-state index in [4.69, 9.17) is 5.11 Å². The van der Waals surface area contributed by atoms with Crippen molar-refractivity contribution in [3.8, 4) is 0 Å². The van der Waals surface area contributed by atoms with E-state index in [2.05, 4.69) is 22.5 Å². The molecule has 0 saturated heterocycles. The number of carbonyl (C=O) groups excluding carboxylic acids is 1. The van der Waals surface area contributed by atoms with Gasteiger partial charge in [-0.05, 0) is 37.3 Å². The molecule has 2 rings (SSSR count). The molecule has 1 heterocycles. The van der Waals surface area contributed by atoms with Crippen LogP contribution in [0, 0.1) is 5.92 Å².